The molecule has 3 amide bonds. The van der Waals surface area contributed by atoms with Gasteiger partial charge >= 0.3 is 5.97 Å². The zero-order chi connectivity index (χ0) is 30.2. The first-order valence-electron chi connectivity index (χ1n) is 13.3. The van der Waals surface area contributed by atoms with Gasteiger partial charge in [0.25, 0.3) is 0 Å². The number of aromatic nitrogens is 3. The first-order valence-corrected chi connectivity index (χ1v) is 13.3. The number of aliphatic carboxylic acids is 1. The van der Waals surface area contributed by atoms with Crippen molar-refractivity contribution >= 4 is 34.6 Å². The largest absolute Gasteiger partial charge is 0.508 e. The molecule has 4 unspecified atom stereocenters. The maximum atomic E-state index is 13.5. The van der Waals surface area contributed by atoms with Crippen LogP contribution in [0.2, 0.25) is 0 Å². The van der Waals surface area contributed by atoms with Gasteiger partial charge in [0, 0.05) is 48.3 Å². The number of hydrogen-bond acceptors (Lipinski definition) is 7. The van der Waals surface area contributed by atoms with E-state index in [4.69, 9.17) is 5.73 Å². The summed E-state index contributed by atoms with van der Waals surface area (Å²) in [6.45, 7) is 1.47. The summed E-state index contributed by atoms with van der Waals surface area (Å²) in [4.78, 5) is 61.5. The van der Waals surface area contributed by atoms with Crippen molar-refractivity contribution in [1.29, 1.82) is 0 Å². The van der Waals surface area contributed by atoms with Gasteiger partial charge in [-0.25, -0.2) is 9.78 Å². The van der Waals surface area contributed by atoms with Crippen LogP contribution in [0.1, 0.15) is 23.7 Å². The third-order valence-corrected chi connectivity index (χ3v) is 6.75. The number of carbonyl (C=O) groups is 4. The van der Waals surface area contributed by atoms with Crippen molar-refractivity contribution in [2.24, 2.45) is 5.73 Å². The van der Waals surface area contributed by atoms with E-state index in [1.165, 1.54) is 31.6 Å². The lowest BCUT2D eigenvalue weighted by Crippen LogP contribution is -2.58. The van der Waals surface area contributed by atoms with Crippen molar-refractivity contribution in [2.45, 2.75) is 50.4 Å². The number of rotatable bonds is 13. The van der Waals surface area contributed by atoms with Crippen LogP contribution in [-0.2, 0) is 38.4 Å². The summed E-state index contributed by atoms with van der Waals surface area (Å²) in [5.74, 6) is -3.19. The van der Waals surface area contributed by atoms with Crippen LogP contribution in [0.5, 0.6) is 5.75 Å². The van der Waals surface area contributed by atoms with Gasteiger partial charge in [-0.2, -0.15) is 0 Å². The standard InChI is InChI=1S/C29H33N7O6/c1-16(30)26(38)34-23(10-17-6-8-20(37)9-7-17)27(39)35-24(12-19-14-31-15-33-19)28(40)36-25(29(41)42)11-18-13-32-22-5-3-2-4-21(18)22/h2-9,13-16,23-25,32,37H,10-12,30H2,1H3,(H,31,33)(H,34,38)(H,35,39)(H,36,40)(H,41,42). The summed E-state index contributed by atoms with van der Waals surface area (Å²) < 4.78 is 0. The first-order chi connectivity index (χ1) is 20.1. The van der Waals surface area contributed by atoms with Gasteiger partial charge in [0.15, 0.2) is 0 Å². The molecule has 0 saturated heterocycles. The predicted molar refractivity (Wildman–Crippen MR) is 153 cm³/mol. The number of carboxylic acid groups (broad SMARTS) is 1. The second-order valence-electron chi connectivity index (χ2n) is 10.0. The smallest absolute Gasteiger partial charge is 0.326 e. The molecule has 13 nitrogen and oxygen atoms in total. The van der Waals surface area contributed by atoms with Crippen LogP contribution in [0, 0.1) is 0 Å². The third kappa shape index (κ3) is 7.73. The lowest BCUT2D eigenvalue weighted by atomic mass is 10.0. The summed E-state index contributed by atoms with van der Waals surface area (Å²) in [5.41, 5.74) is 8.40. The first kappa shape index (κ1) is 29.8. The van der Waals surface area contributed by atoms with Gasteiger partial charge in [-0.3, -0.25) is 14.4 Å². The van der Waals surface area contributed by atoms with Crippen LogP contribution in [0.25, 0.3) is 10.9 Å². The van der Waals surface area contributed by atoms with Crippen molar-refractivity contribution in [2.75, 3.05) is 0 Å². The molecule has 2 aromatic heterocycles. The van der Waals surface area contributed by atoms with Crippen LogP contribution < -0.4 is 21.7 Å². The van der Waals surface area contributed by atoms with E-state index >= 15 is 0 Å². The highest BCUT2D eigenvalue weighted by Gasteiger charge is 2.31. The fraction of sp³-hybridized carbons (Fsp3) is 0.276. The van der Waals surface area contributed by atoms with Crippen LogP contribution in [0.15, 0.2) is 67.3 Å². The van der Waals surface area contributed by atoms with E-state index in [0.717, 1.165) is 10.9 Å². The number of hydrogen-bond donors (Lipinski definition) is 8. The summed E-state index contributed by atoms with van der Waals surface area (Å²) in [5, 5.41) is 28.2. The number of para-hydroxylation sites is 1. The molecule has 0 fully saturated rings. The minimum absolute atomic E-state index is 0.00370. The lowest BCUT2D eigenvalue weighted by molar-refractivity contribution is -0.142. The SMILES string of the molecule is CC(N)C(=O)NC(Cc1ccc(O)cc1)C(=O)NC(Cc1cnc[nH]1)C(=O)NC(Cc1c[nH]c2ccccc12)C(=O)O. The normalized spacial score (nSPS) is 14.0. The van der Waals surface area contributed by atoms with Crippen molar-refractivity contribution in [3.8, 4) is 5.75 Å². The number of imidazole rings is 1. The van der Waals surface area contributed by atoms with E-state index in [0.29, 0.717) is 16.8 Å². The van der Waals surface area contributed by atoms with Gasteiger partial charge in [0.1, 0.15) is 23.9 Å². The number of aromatic amines is 2. The molecule has 0 radical (unpaired) electrons. The number of fused-ring (bicyclic) bond motifs is 1. The third-order valence-electron chi connectivity index (χ3n) is 6.75. The number of nitrogens with one attached hydrogen (secondary N) is 5. The number of H-pyrrole nitrogens is 2. The monoisotopic (exact) mass is 575 g/mol. The summed E-state index contributed by atoms with van der Waals surface area (Å²) in [7, 11) is 0. The molecule has 9 N–H and O–H groups in total. The number of phenols is 1. The topological polar surface area (TPSA) is 215 Å². The Morgan fingerprint density at radius 1 is 0.857 bits per heavy atom. The molecule has 0 saturated carbocycles. The number of phenolic OH excluding ortho intramolecular Hbond substituents is 1. The molecule has 2 heterocycles. The highest BCUT2D eigenvalue weighted by molar-refractivity contribution is 5.94. The maximum Gasteiger partial charge on any atom is 0.326 e. The summed E-state index contributed by atoms with van der Waals surface area (Å²) in [6, 6.07) is 9.00. The van der Waals surface area contributed by atoms with Gasteiger partial charge in [0.2, 0.25) is 17.7 Å². The number of amides is 3. The quantitative estimate of drug-likeness (QED) is 0.112. The molecule has 0 aliphatic rings. The predicted octanol–water partition coefficient (Wildman–Crippen LogP) is 0.511. The Kier molecular flexibility index (Phi) is 9.55. The van der Waals surface area contributed by atoms with Crippen LogP contribution in [0.3, 0.4) is 0 Å². The summed E-state index contributed by atoms with van der Waals surface area (Å²) in [6.07, 6.45) is 4.62. The number of aromatic hydroxyl groups is 1. The van der Waals surface area contributed by atoms with Crippen LogP contribution >= 0.6 is 0 Å². The van der Waals surface area contributed by atoms with Gasteiger partial charge in [0.05, 0.1) is 12.4 Å². The Morgan fingerprint density at radius 3 is 2.14 bits per heavy atom. The second kappa shape index (κ2) is 13.5. The van der Waals surface area contributed by atoms with E-state index in [1.54, 1.807) is 18.3 Å². The fourth-order valence-corrected chi connectivity index (χ4v) is 4.47. The van der Waals surface area contributed by atoms with E-state index in [2.05, 4.69) is 30.9 Å². The minimum atomic E-state index is -1.29. The molecule has 4 rings (SSSR count). The van der Waals surface area contributed by atoms with Crippen molar-refractivity contribution in [3.05, 3.63) is 84.1 Å². The van der Waals surface area contributed by atoms with Gasteiger partial charge in [-0.1, -0.05) is 30.3 Å². The summed E-state index contributed by atoms with van der Waals surface area (Å²) >= 11 is 0. The molecule has 2 aromatic carbocycles. The van der Waals surface area contributed by atoms with E-state index < -0.39 is 47.9 Å². The highest BCUT2D eigenvalue weighted by Crippen LogP contribution is 2.19. The highest BCUT2D eigenvalue weighted by atomic mass is 16.4. The molecule has 13 heteroatoms. The van der Waals surface area contributed by atoms with E-state index in [9.17, 15) is 29.4 Å². The molecular formula is C29H33N7O6. The Morgan fingerprint density at radius 2 is 1.50 bits per heavy atom. The number of carboxylic acids is 1. The average molecular weight is 576 g/mol. The molecule has 0 bridgehead atoms. The Hall–Kier alpha value is -5.17. The molecule has 0 spiro atoms. The zero-order valence-corrected chi connectivity index (χ0v) is 22.8. The molecule has 0 aliphatic heterocycles. The fourth-order valence-electron chi connectivity index (χ4n) is 4.47. The Balaban J connectivity index is 1.54. The maximum absolute atomic E-state index is 13.5. The molecular weight excluding hydrogens is 542 g/mol. The Labute approximate surface area is 240 Å². The molecule has 4 atom stereocenters. The molecule has 42 heavy (non-hydrogen) atoms. The molecule has 220 valence electrons. The van der Waals surface area contributed by atoms with Crippen LogP contribution in [-0.4, -0.2) is 73.0 Å². The number of benzene rings is 2. The van der Waals surface area contributed by atoms with Crippen LogP contribution in [0.4, 0.5) is 0 Å². The average Bonchev–Trinajstić information content (AvgIpc) is 3.63. The van der Waals surface area contributed by atoms with Gasteiger partial charge in [-0.15, -0.1) is 0 Å². The minimum Gasteiger partial charge on any atom is -0.508 e. The van der Waals surface area contributed by atoms with Crippen molar-refractivity contribution < 1.29 is 29.4 Å². The number of carbonyl (C=O) groups excluding carboxylic acids is 3. The number of nitrogens with zero attached hydrogens (tertiary/aromatic N) is 1. The Bertz CT molecular complexity index is 1530. The van der Waals surface area contributed by atoms with Crippen molar-refractivity contribution in [3.63, 3.8) is 0 Å². The van der Waals surface area contributed by atoms with Crippen molar-refractivity contribution in [1.82, 2.24) is 30.9 Å². The molecule has 4 aromatic rings. The van der Waals surface area contributed by atoms with E-state index in [1.807, 2.05) is 24.3 Å². The number of nitrogens with two attached hydrogens (primary N) is 1. The zero-order valence-electron chi connectivity index (χ0n) is 22.8. The second-order valence-corrected chi connectivity index (χ2v) is 10.0. The van der Waals surface area contributed by atoms with Gasteiger partial charge < -0.3 is 41.9 Å². The lowest BCUT2D eigenvalue weighted by Gasteiger charge is -2.25. The molecule has 0 aliphatic carbocycles. The van der Waals surface area contributed by atoms with E-state index in [-0.39, 0.29) is 25.0 Å². The van der Waals surface area contributed by atoms with Gasteiger partial charge in [-0.05, 0) is 36.2 Å².